The number of aryl methyl sites for hydroxylation is 1. The summed E-state index contributed by atoms with van der Waals surface area (Å²) in [6, 6.07) is 33.5. The summed E-state index contributed by atoms with van der Waals surface area (Å²) in [5, 5.41) is 18.5. The van der Waals surface area contributed by atoms with Gasteiger partial charge in [-0.1, -0.05) is 97.1 Å². The summed E-state index contributed by atoms with van der Waals surface area (Å²) in [4.78, 5) is 52.6. The quantitative estimate of drug-likeness (QED) is 0.161. The van der Waals surface area contributed by atoms with Gasteiger partial charge in [0.2, 0.25) is 5.91 Å². The van der Waals surface area contributed by atoms with E-state index in [1.807, 2.05) is 84.9 Å². The van der Waals surface area contributed by atoms with Crippen molar-refractivity contribution in [3.05, 3.63) is 138 Å². The number of nitrogens with one attached hydrogen (secondary N) is 3. The highest BCUT2D eigenvalue weighted by Gasteiger charge is 2.34. The van der Waals surface area contributed by atoms with E-state index in [0.717, 1.165) is 16.7 Å². The van der Waals surface area contributed by atoms with Crippen molar-refractivity contribution in [1.82, 2.24) is 15.5 Å². The standard InChI is InChI=1S/C38H40N4O7/c1-48-37(45)41-34(33(27-14-5-2-6-15-27)28-16-7-3-8-17-28)36(44)40-32-20-12-11-13-26(32)21-22-31-24-42(38(46)47)30(25-49-31)23-39-35(43)29-18-9-4-10-19-29/h2-20,30-31,33-34H,21-25H2,1H3,(H,39,43)(H,40,44)(H,41,45)(H,46,47)/t30-,31-,34+/m1/s1. The molecule has 0 radical (unpaired) electrons. The fraction of sp³-hybridized carbons (Fsp3) is 0.263. The molecule has 11 nitrogen and oxygen atoms in total. The molecule has 1 heterocycles. The molecule has 4 aromatic carbocycles. The van der Waals surface area contributed by atoms with E-state index < -0.39 is 42.2 Å². The van der Waals surface area contributed by atoms with Crippen molar-refractivity contribution in [2.75, 3.05) is 32.1 Å². The molecule has 1 aliphatic heterocycles. The van der Waals surface area contributed by atoms with Gasteiger partial charge in [-0.2, -0.15) is 0 Å². The third-order valence-corrected chi connectivity index (χ3v) is 8.55. The summed E-state index contributed by atoms with van der Waals surface area (Å²) < 4.78 is 11.0. The predicted octanol–water partition coefficient (Wildman–Crippen LogP) is 5.29. The first-order valence-corrected chi connectivity index (χ1v) is 16.1. The van der Waals surface area contributed by atoms with Gasteiger partial charge >= 0.3 is 12.2 Å². The Morgan fingerprint density at radius 2 is 1.45 bits per heavy atom. The highest BCUT2D eigenvalue weighted by Crippen LogP contribution is 2.30. The van der Waals surface area contributed by atoms with Crippen LogP contribution in [-0.2, 0) is 20.7 Å². The number of ether oxygens (including phenoxy) is 2. The van der Waals surface area contributed by atoms with Crippen LogP contribution < -0.4 is 16.0 Å². The Labute approximate surface area is 285 Å². The molecule has 254 valence electrons. The summed E-state index contributed by atoms with van der Waals surface area (Å²) >= 11 is 0. The first-order valence-electron chi connectivity index (χ1n) is 16.1. The minimum Gasteiger partial charge on any atom is -0.465 e. The summed E-state index contributed by atoms with van der Waals surface area (Å²) in [6.45, 7) is 0.387. The molecule has 1 saturated heterocycles. The van der Waals surface area contributed by atoms with E-state index in [2.05, 4.69) is 16.0 Å². The number of nitrogens with zero attached hydrogens (tertiary/aromatic N) is 1. The van der Waals surface area contributed by atoms with Crippen LogP contribution >= 0.6 is 0 Å². The van der Waals surface area contributed by atoms with E-state index >= 15 is 0 Å². The molecule has 11 heteroatoms. The minimum absolute atomic E-state index is 0.120. The molecule has 5 rings (SSSR count). The zero-order valence-electron chi connectivity index (χ0n) is 27.2. The summed E-state index contributed by atoms with van der Waals surface area (Å²) in [5.74, 6) is -1.23. The van der Waals surface area contributed by atoms with Crippen LogP contribution in [0, 0.1) is 0 Å². The molecule has 3 atom stereocenters. The lowest BCUT2D eigenvalue weighted by Crippen LogP contribution is -2.56. The fourth-order valence-corrected chi connectivity index (χ4v) is 6.01. The Morgan fingerprint density at radius 3 is 2.06 bits per heavy atom. The average molecular weight is 665 g/mol. The number of carboxylic acid groups (broad SMARTS) is 1. The number of methoxy groups -OCH3 is 1. The third-order valence-electron chi connectivity index (χ3n) is 8.55. The lowest BCUT2D eigenvalue weighted by molar-refractivity contribution is -0.118. The van der Waals surface area contributed by atoms with Gasteiger partial charge in [0.1, 0.15) is 6.04 Å². The van der Waals surface area contributed by atoms with E-state index in [9.17, 15) is 24.3 Å². The molecule has 4 N–H and O–H groups in total. The third kappa shape index (κ3) is 9.23. The first-order chi connectivity index (χ1) is 23.8. The molecule has 1 aliphatic rings. The first kappa shape index (κ1) is 34.6. The van der Waals surface area contributed by atoms with Crippen LogP contribution in [0.5, 0.6) is 0 Å². The Hall–Kier alpha value is -5.68. The number of alkyl carbamates (subject to hydrolysis) is 1. The second-order valence-corrected chi connectivity index (χ2v) is 11.7. The normalized spacial score (nSPS) is 16.3. The van der Waals surface area contributed by atoms with Crippen LogP contribution in [0.3, 0.4) is 0 Å². The molecule has 4 aromatic rings. The maximum atomic E-state index is 14.1. The lowest BCUT2D eigenvalue weighted by atomic mass is 9.84. The maximum absolute atomic E-state index is 14.1. The van der Waals surface area contributed by atoms with Crippen LogP contribution in [0.25, 0.3) is 0 Å². The van der Waals surface area contributed by atoms with Crippen molar-refractivity contribution in [3.8, 4) is 0 Å². The monoisotopic (exact) mass is 664 g/mol. The Morgan fingerprint density at radius 1 is 0.857 bits per heavy atom. The number of amides is 4. The van der Waals surface area contributed by atoms with Gasteiger partial charge in [0.15, 0.2) is 0 Å². The molecule has 49 heavy (non-hydrogen) atoms. The Balaban J connectivity index is 1.26. The van der Waals surface area contributed by atoms with Gasteiger partial charge in [0, 0.05) is 23.7 Å². The SMILES string of the molecule is COC(=O)N[C@H](C(=O)Nc1ccccc1CC[C@@H]1CN(C(=O)O)[C@H](CNC(=O)c2ccccc2)CO1)C(c1ccccc1)c1ccccc1. The van der Waals surface area contributed by atoms with Gasteiger partial charge in [-0.3, -0.25) is 14.5 Å². The van der Waals surface area contributed by atoms with E-state index in [4.69, 9.17) is 9.47 Å². The van der Waals surface area contributed by atoms with Gasteiger partial charge < -0.3 is 30.5 Å². The maximum Gasteiger partial charge on any atom is 0.407 e. The number of carbonyl (C=O) groups is 4. The van der Waals surface area contributed by atoms with E-state index in [-0.39, 0.29) is 25.6 Å². The second-order valence-electron chi connectivity index (χ2n) is 11.7. The molecule has 0 saturated carbocycles. The Kier molecular flexibility index (Phi) is 12.0. The molecular formula is C38H40N4O7. The average Bonchev–Trinajstić information content (AvgIpc) is 3.14. The van der Waals surface area contributed by atoms with Crippen molar-refractivity contribution in [3.63, 3.8) is 0 Å². The number of rotatable bonds is 12. The summed E-state index contributed by atoms with van der Waals surface area (Å²) in [7, 11) is 1.25. The zero-order chi connectivity index (χ0) is 34.6. The van der Waals surface area contributed by atoms with E-state index in [1.165, 1.54) is 12.0 Å². The van der Waals surface area contributed by atoms with E-state index in [0.29, 0.717) is 24.1 Å². The Bertz CT molecular complexity index is 1670. The number of anilines is 1. The molecule has 0 bridgehead atoms. The second kappa shape index (κ2) is 16.9. The number of benzene rings is 4. The fourth-order valence-electron chi connectivity index (χ4n) is 6.01. The molecule has 1 fully saturated rings. The van der Waals surface area contributed by atoms with Gasteiger partial charge in [-0.15, -0.1) is 0 Å². The number of hydrogen-bond acceptors (Lipinski definition) is 6. The van der Waals surface area contributed by atoms with Crippen LogP contribution in [0.1, 0.15) is 39.4 Å². The number of morpholine rings is 1. The van der Waals surface area contributed by atoms with Crippen molar-refractivity contribution < 1.29 is 33.8 Å². The highest BCUT2D eigenvalue weighted by atomic mass is 16.5. The number of hydrogen-bond donors (Lipinski definition) is 4. The smallest absolute Gasteiger partial charge is 0.407 e. The molecular weight excluding hydrogens is 624 g/mol. The molecule has 0 spiro atoms. The minimum atomic E-state index is -1.09. The molecule has 0 aliphatic carbocycles. The zero-order valence-corrected chi connectivity index (χ0v) is 27.2. The number of para-hydroxylation sites is 1. The van der Waals surface area contributed by atoms with Crippen LogP contribution in [0.2, 0.25) is 0 Å². The van der Waals surface area contributed by atoms with Gasteiger partial charge in [-0.25, -0.2) is 9.59 Å². The summed E-state index contributed by atoms with van der Waals surface area (Å²) in [5.41, 5.74) is 3.57. The number of carbonyl (C=O) groups excluding carboxylic acids is 3. The van der Waals surface area contributed by atoms with Crippen molar-refractivity contribution in [2.24, 2.45) is 0 Å². The predicted molar refractivity (Wildman–Crippen MR) is 184 cm³/mol. The van der Waals surface area contributed by atoms with Crippen molar-refractivity contribution in [1.29, 1.82) is 0 Å². The van der Waals surface area contributed by atoms with Gasteiger partial charge in [0.05, 0.1) is 32.4 Å². The van der Waals surface area contributed by atoms with Gasteiger partial charge in [0.25, 0.3) is 5.91 Å². The van der Waals surface area contributed by atoms with Crippen molar-refractivity contribution >= 4 is 29.7 Å². The van der Waals surface area contributed by atoms with Gasteiger partial charge in [-0.05, 0) is 47.7 Å². The van der Waals surface area contributed by atoms with E-state index in [1.54, 1.807) is 30.3 Å². The molecule has 4 amide bonds. The topological polar surface area (TPSA) is 146 Å². The van der Waals surface area contributed by atoms with Crippen LogP contribution in [0.4, 0.5) is 15.3 Å². The lowest BCUT2D eigenvalue weighted by Gasteiger charge is -2.38. The van der Waals surface area contributed by atoms with Crippen LogP contribution in [-0.4, -0.2) is 79.0 Å². The van der Waals surface area contributed by atoms with Crippen LogP contribution in [0.15, 0.2) is 115 Å². The molecule has 0 unspecified atom stereocenters. The van der Waals surface area contributed by atoms with Crippen molar-refractivity contribution in [2.45, 2.75) is 36.9 Å². The summed E-state index contributed by atoms with van der Waals surface area (Å²) in [6.07, 6.45) is -1.24. The highest BCUT2D eigenvalue weighted by molar-refractivity contribution is 5.98. The molecule has 0 aromatic heterocycles. The largest absolute Gasteiger partial charge is 0.465 e.